The fourth-order valence-electron chi connectivity index (χ4n) is 2.09. The van der Waals surface area contributed by atoms with Gasteiger partial charge in [-0.1, -0.05) is 32.8 Å². The second-order valence-corrected chi connectivity index (χ2v) is 4.91. The molecule has 0 saturated carbocycles. The van der Waals surface area contributed by atoms with Gasteiger partial charge in [0.25, 0.3) is 0 Å². The highest BCUT2D eigenvalue weighted by Gasteiger charge is 2.04. The van der Waals surface area contributed by atoms with Crippen molar-refractivity contribution >= 4 is 0 Å². The van der Waals surface area contributed by atoms with Crippen molar-refractivity contribution in [3.05, 3.63) is 29.3 Å². The molecule has 0 unspecified atom stereocenters. The van der Waals surface area contributed by atoms with Gasteiger partial charge in [0.1, 0.15) is 5.75 Å². The van der Waals surface area contributed by atoms with Crippen molar-refractivity contribution in [1.29, 1.82) is 0 Å². The van der Waals surface area contributed by atoms with Crippen molar-refractivity contribution < 1.29 is 4.74 Å². The lowest BCUT2D eigenvalue weighted by molar-refractivity contribution is 0.242. The predicted molar refractivity (Wildman–Crippen MR) is 74.8 cm³/mol. The fraction of sp³-hybridized carbons (Fsp3) is 0.625. The topological polar surface area (TPSA) is 9.23 Å². The Morgan fingerprint density at radius 2 is 1.82 bits per heavy atom. The Bertz CT molecular complexity index is 328. The summed E-state index contributed by atoms with van der Waals surface area (Å²) in [7, 11) is 0. The molecule has 0 aromatic heterocycles. The van der Waals surface area contributed by atoms with E-state index in [0.717, 1.165) is 12.2 Å². The highest BCUT2D eigenvalue weighted by Crippen LogP contribution is 2.21. The minimum atomic E-state index is 0.255. The van der Waals surface area contributed by atoms with Crippen LogP contribution < -0.4 is 4.74 Å². The minimum Gasteiger partial charge on any atom is -0.491 e. The minimum absolute atomic E-state index is 0.255. The van der Waals surface area contributed by atoms with Crippen LogP contribution in [0.3, 0.4) is 0 Å². The van der Waals surface area contributed by atoms with E-state index in [1.165, 1.54) is 36.8 Å². The molecule has 0 saturated heterocycles. The Morgan fingerprint density at radius 1 is 1.06 bits per heavy atom. The first-order valence-corrected chi connectivity index (χ1v) is 6.95. The van der Waals surface area contributed by atoms with E-state index in [0.29, 0.717) is 0 Å². The van der Waals surface area contributed by atoms with Crippen LogP contribution in [0, 0.1) is 0 Å². The molecule has 0 aliphatic rings. The quantitative estimate of drug-likeness (QED) is 0.617. The molecule has 1 aromatic rings. The zero-order chi connectivity index (χ0) is 12.7. The van der Waals surface area contributed by atoms with E-state index in [2.05, 4.69) is 45.9 Å². The molecular weight excluding hydrogens is 208 g/mol. The van der Waals surface area contributed by atoms with E-state index in [1.54, 1.807) is 0 Å². The number of hydrogen-bond donors (Lipinski definition) is 0. The van der Waals surface area contributed by atoms with E-state index in [4.69, 9.17) is 4.74 Å². The molecule has 0 fully saturated rings. The lowest BCUT2D eigenvalue weighted by atomic mass is 9.99. The van der Waals surface area contributed by atoms with Crippen molar-refractivity contribution in [3.63, 3.8) is 0 Å². The van der Waals surface area contributed by atoms with E-state index in [1.807, 2.05) is 0 Å². The molecule has 0 radical (unpaired) electrons. The maximum absolute atomic E-state index is 5.74. The lowest BCUT2D eigenvalue weighted by Crippen LogP contribution is -2.06. The molecule has 0 atom stereocenters. The van der Waals surface area contributed by atoms with Crippen molar-refractivity contribution in [2.45, 2.75) is 65.9 Å². The van der Waals surface area contributed by atoms with Crippen LogP contribution in [0.1, 0.15) is 58.1 Å². The van der Waals surface area contributed by atoms with Crippen molar-refractivity contribution in [2.75, 3.05) is 0 Å². The number of aryl methyl sites for hydroxylation is 2. The Morgan fingerprint density at radius 3 is 2.41 bits per heavy atom. The highest BCUT2D eigenvalue weighted by molar-refractivity contribution is 5.36. The molecule has 17 heavy (non-hydrogen) atoms. The monoisotopic (exact) mass is 234 g/mol. The number of unbranched alkanes of at least 4 members (excludes halogenated alkanes) is 2. The van der Waals surface area contributed by atoms with E-state index in [9.17, 15) is 0 Å². The third-order valence-electron chi connectivity index (χ3n) is 2.98. The fourth-order valence-corrected chi connectivity index (χ4v) is 2.09. The molecular formula is C16H26O. The summed E-state index contributed by atoms with van der Waals surface area (Å²) in [5, 5.41) is 0. The van der Waals surface area contributed by atoms with Crippen LogP contribution in [0.15, 0.2) is 18.2 Å². The Balaban J connectivity index is 2.71. The van der Waals surface area contributed by atoms with Gasteiger partial charge >= 0.3 is 0 Å². The van der Waals surface area contributed by atoms with Gasteiger partial charge in [-0.3, -0.25) is 0 Å². The molecule has 0 spiro atoms. The first-order valence-electron chi connectivity index (χ1n) is 6.95. The van der Waals surface area contributed by atoms with Crippen LogP contribution in [0.5, 0.6) is 5.75 Å². The number of benzene rings is 1. The molecule has 96 valence electrons. The summed E-state index contributed by atoms with van der Waals surface area (Å²) in [6.45, 7) is 8.61. The molecule has 0 N–H and O–H groups in total. The number of hydrogen-bond acceptors (Lipinski definition) is 1. The standard InChI is InChI=1S/C16H26O/c1-5-7-8-9-15-10-11-16(17-13(3)4)12-14(15)6-2/h10-13H,5-9H2,1-4H3. The average Bonchev–Trinajstić information content (AvgIpc) is 2.30. The third kappa shape index (κ3) is 4.80. The van der Waals surface area contributed by atoms with Gasteiger partial charge in [0.2, 0.25) is 0 Å². The van der Waals surface area contributed by atoms with Gasteiger partial charge in [-0.05, 0) is 56.4 Å². The Kier molecular flexibility index (Phi) is 6.10. The molecule has 0 heterocycles. The van der Waals surface area contributed by atoms with Gasteiger partial charge in [0, 0.05) is 0 Å². The van der Waals surface area contributed by atoms with Gasteiger partial charge in [-0.25, -0.2) is 0 Å². The number of rotatable bonds is 7. The largest absolute Gasteiger partial charge is 0.491 e. The summed E-state index contributed by atoms with van der Waals surface area (Å²) in [4.78, 5) is 0. The molecule has 1 nitrogen and oxygen atoms in total. The summed E-state index contributed by atoms with van der Waals surface area (Å²) in [6.07, 6.45) is 6.47. The average molecular weight is 234 g/mol. The predicted octanol–water partition coefficient (Wildman–Crippen LogP) is 4.77. The molecule has 0 aliphatic heterocycles. The van der Waals surface area contributed by atoms with Crippen LogP contribution >= 0.6 is 0 Å². The Labute approximate surface area is 106 Å². The van der Waals surface area contributed by atoms with E-state index < -0.39 is 0 Å². The molecule has 1 aromatic carbocycles. The molecule has 1 heteroatoms. The van der Waals surface area contributed by atoms with Crippen molar-refractivity contribution in [1.82, 2.24) is 0 Å². The maximum atomic E-state index is 5.74. The summed E-state index contributed by atoms with van der Waals surface area (Å²) in [5.74, 6) is 1.01. The zero-order valence-electron chi connectivity index (χ0n) is 11.8. The van der Waals surface area contributed by atoms with Crippen LogP contribution in [0.25, 0.3) is 0 Å². The van der Waals surface area contributed by atoms with E-state index >= 15 is 0 Å². The molecule has 0 bridgehead atoms. The lowest BCUT2D eigenvalue weighted by Gasteiger charge is -2.13. The normalized spacial score (nSPS) is 10.9. The maximum Gasteiger partial charge on any atom is 0.119 e. The number of ether oxygens (including phenoxy) is 1. The van der Waals surface area contributed by atoms with Crippen LogP contribution in [0.2, 0.25) is 0 Å². The van der Waals surface area contributed by atoms with Crippen LogP contribution in [-0.2, 0) is 12.8 Å². The summed E-state index contributed by atoms with van der Waals surface area (Å²) < 4.78 is 5.74. The first-order chi connectivity index (χ1) is 8.17. The first kappa shape index (κ1) is 14.1. The summed E-state index contributed by atoms with van der Waals surface area (Å²) in [6, 6.07) is 6.56. The van der Waals surface area contributed by atoms with Gasteiger partial charge in [0.15, 0.2) is 0 Å². The van der Waals surface area contributed by atoms with Gasteiger partial charge in [-0.15, -0.1) is 0 Å². The summed E-state index contributed by atoms with van der Waals surface area (Å²) in [5.41, 5.74) is 2.94. The summed E-state index contributed by atoms with van der Waals surface area (Å²) >= 11 is 0. The second-order valence-electron chi connectivity index (χ2n) is 4.91. The zero-order valence-corrected chi connectivity index (χ0v) is 11.8. The second kappa shape index (κ2) is 7.37. The molecule has 0 amide bonds. The van der Waals surface area contributed by atoms with Crippen molar-refractivity contribution in [3.8, 4) is 5.75 Å². The van der Waals surface area contributed by atoms with Gasteiger partial charge in [0.05, 0.1) is 6.10 Å². The SMILES string of the molecule is CCCCCc1ccc(OC(C)C)cc1CC. The van der Waals surface area contributed by atoms with E-state index in [-0.39, 0.29) is 6.10 Å². The third-order valence-corrected chi connectivity index (χ3v) is 2.98. The van der Waals surface area contributed by atoms with Gasteiger partial charge in [-0.2, -0.15) is 0 Å². The smallest absolute Gasteiger partial charge is 0.119 e. The van der Waals surface area contributed by atoms with Gasteiger partial charge < -0.3 is 4.74 Å². The van der Waals surface area contributed by atoms with Crippen LogP contribution in [-0.4, -0.2) is 6.10 Å². The Hall–Kier alpha value is -0.980. The molecule has 1 rings (SSSR count). The van der Waals surface area contributed by atoms with Crippen molar-refractivity contribution in [2.24, 2.45) is 0 Å². The highest BCUT2D eigenvalue weighted by atomic mass is 16.5. The molecule has 0 aliphatic carbocycles. The van der Waals surface area contributed by atoms with Crippen LogP contribution in [0.4, 0.5) is 0 Å².